The Labute approximate surface area is 152 Å². The first-order valence-corrected chi connectivity index (χ1v) is 10.2. The first-order chi connectivity index (χ1) is 12.2. The molecule has 6 nitrogen and oxygen atoms in total. The molecule has 0 aliphatic heterocycles. The van der Waals surface area contributed by atoms with Gasteiger partial charge >= 0.3 is 0 Å². The molecule has 0 radical (unpaired) electrons. The minimum atomic E-state index is -3.40. The number of hydrogen-bond acceptors (Lipinski definition) is 4. The van der Waals surface area contributed by atoms with Gasteiger partial charge in [-0.1, -0.05) is 12.1 Å². The van der Waals surface area contributed by atoms with E-state index >= 15 is 0 Å². The molecule has 0 spiro atoms. The van der Waals surface area contributed by atoms with E-state index in [0.29, 0.717) is 22.5 Å². The van der Waals surface area contributed by atoms with Crippen LogP contribution in [0.4, 0.5) is 11.4 Å². The van der Waals surface area contributed by atoms with Crippen molar-refractivity contribution < 1.29 is 18.0 Å². The van der Waals surface area contributed by atoms with Gasteiger partial charge in [0.2, 0.25) is 5.91 Å². The molecule has 1 saturated carbocycles. The first-order valence-electron chi connectivity index (χ1n) is 8.27. The number of benzene rings is 2. The smallest absolute Gasteiger partial charge is 0.255 e. The van der Waals surface area contributed by atoms with Gasteiger partial charge in [-0.25, -0.2) is 8.42 Å². The van der Waals surface area contributed by atoms with Gasteiger partial charge in [-0.05, 0) is 55.7 Å². The Bertz CT molecular complexity index is 979. The van der Waals surface area contributed by atoms with Crippen molar-refractivity contribution in [2.24, 2.45) is 5.92 Å². The Balaban J connectivity index is 1.78. The van der Waals surface area contributed by atoms with Crippen molar-refractivity contribution in [2.45, 2.75) is 24.7 Å². The number of amides is 2. The van der Waals surface area contributed by atoms with Crippen LogP contribution in [0.1, 0.15) is 28.8 Å². The quantitative estimate of drug-likeness (QED) is 0.844. The van der Waals surface area contributed by atoms with Crippen molar-refractivity contribution in [2.75, 3.05) is 16.9 Å². The van der Waals surface area contributed by atoms with Crippen LogP contribution in [0.5, 0.6) is 0 Å². The molecule has 26 heavy (non-hydrogen) atoms. The van der Waals surface area contributed by atoms with Crippen LogP contribution in [0.3, 0.4) is 0 Å². The van der Waals surface area contributed by atoms with E-state index in [4.69, 9.17) is 0 Å². The summed E-state index contributed by atoms with van der Waals surface area (Å²) in [6.07, 6.45) is 2.93. The normalized spacial score (nSPS) is 13.9. The lowest BCUT2D eigenvalue weighted by atomic mass is 10.1. The molecule has 0 unspecified atom stereocenters. The van der Waals surface area contributed by atoms with Crippen LogP contribution in [0.2, 0.25) is 0 Å². The van der Waals surface area contributed by atoms with E-state index in [1.54, 1.807) is 37.3 Å². The predicted molar refractivity (Wildman–Crippen MR) is 100 cm³/mol. The minimum Gasteiger partial charge on any atom is -0.326 e. The molecule has 1 aliphatic rings. The average molecular weight is 372 g/mol. The van der Waals surface area contributed by atoms with Crippen LogP contribution in [0.25, 0.3) is 0 Å². The lowest BCUT2D eigenvalue weighted by Gasteiger charge is -2.11. The third-order valence-electron chi connectivity index (χ3n) is 4.22. The first kappa shape index (κ1) is 18.1. The van der Waals surface area contributed by atoms with Crippen molar-refractivity contribution in [3.8, 4) is 0 Å². The number of rotatable bonds is 5. The number of carbonyl (C=O) groups excluding carboxylic acids is 2. The highest BCUT2D eigenvalue weighted by atomic mass is 32.2. The van der Waals surface area contributed by atoms with Crippen LogP contribution < -0.4 is 10.6 Å². The average Bonchev–Trinajstić information content (AvgIpc) is 3.39. The number of sulfone groups is 1. The third kappa shape index (κ3) is 4.29. The van der Waals surface area contributed by atoms with Crippen LogP contribution in [0, 0.1) is 12.8 Å². The molecule has 2 aromatic rings. The zero-order chi connectivity index (χ0) is 18.9. The SMILES string of the molecule is Cc1ccc(S(C)(=O)=O)cc1C(=O)Nc1cccc(NC(=O)C2CC2)c1. The maximum absolute atomic E-state index is 12.6. The summed E-state index contributed by atoms with van der Waals surface area (Å²) in [7, 11) is -3.40. The summed E-state index contributed by atoms with van der Waals surface area (Å²) in [4.78, 5) is 24.5. The van der Waals surface area contributed by atoms with Crippen LogP contribution >= 0.6 is 0 Å². The highest BCUT2D eigenvalue weighted by Crippen LogP contribution is 2.30. The van der Waals surface area contributed by atoms with Gasteiger partial charge in [0.15, 0.2) is 9.84 Å². The van der Waals surface area contributed by atoms with Crippen molar-refractivity contribution in [3.63, 3.8) is 0 Å². The van der Waals surface area contributed by atoms with Crippen LogP contribution in [-0.2, 0) is 14.6 Å². The number of nitrogens with one attached hydrogen (secondary N) is 2. The summed E-state index contributed by atoms with van der Waals surface area (Å²) in [5.41, 5.74) is 2.10. The predicted octanol–water partition coefficient (Wildman–Crippen LogP) is 3.00. The molecule has 2 aromatic carbocycles. The Morgan fingerprint density at radius 2 is 1.65 bits per heavy atom. The van der Waals surface area contributed by atoms with E-state index in [0.717, 1.165) is 19.1 Å². The third-order valence-corrected chi connectivity index (χ3v) is 5.33. The Hall–Kier alpha value is -2.67. The Morgan fingerprint density at radius 3 is 2.27 bits per heavy atom. The van der Waals surface area contributed by atoms with E-state index < -0.39 is 15.7 Å². The number of hydrogen-bond donors (Lipinski definition) is 2. The topological polar surface area (TPSA) is 92.3 Å². The second-order valence-electron chi connectivity index (χ2n) is 6.55. The fourth-order valence-electron chi connectivity index (χ4n) is 2.54. The summed E-state index contributed by atoms with van der Waals surface area (Å²) in [6.45, 7) is 1.74. The molecule has 1 aliphatic carbocycles. The molecular weight excluding hydrogens is 352 g/mol. The molecule has 136 valence electrons. The van der Waals surface area contributed by atoms with Gasteiger partial charge in [-0.15, -0.1) is 0 Å². The largest absolute Gasteiger partial charge is 0.326 e. The standard InChI is InChI=1S/C19H20N2O4S/c1-12-6-9-16(26(2,24)25)11-17(12)19(23)21-15-5-3-4-14(10-15)20-18(22)13-7-8-13/h3-6,9-11,13H,7-8H2,1-2H3,(H,20,22)(H,21,23). The van der Waals surface area contributed by atoms with E-state index in [2.05, 4.69) is 10.6 Å². The molecule has 3 rings (SSSR count). The fraction of sp³-hybridized carbons (Fsp3) is 0.263. The van der Waals surface area contributed by atoms with Crippen molar-refractivity contribution in [1.29, 1.82) is 0 Å². The van der Waals surface area contributed by atoms with Crippen LogP contribution in [-0.4, -0.2) is 26.5 Å². The molecule has 0 bridgehead atoms. The summed E-state index contributed by atoms with van der Waals surface area (Å²) in [6, 6.07) is 11.3. The summed E-state index contributed by atoms with van der Waals surface area (Å²) >= 11 is 0. The molecular formula is C19H20N2O4S. The van der Waals surface area contributed by atoms with Gasteiger partial charge in [-0.2, -0.15) is 0 Å². The van der Waals surface area contributed by atoms with Gasteiger partial charge in [0.1, 0.15) is 0 Å². The van der Waals surface area contributed by atoms with E-state index in [9.17, 15) is 18.0 Å². The molecule has 2 N–H and O–H groups in total. The van der Waals surface area contributed by atoms with Crippen molar-refractivity contribution >= 4 is 33.0 Å². The minimum absolute atomic E-state index is 0.00910. The van der Waals surface area contributed by atoms with Gasteiger partial charge in [-0.3, -0.25) is 9.59 Å². The monoisotopic (exact) mass is 372 g/mol. The molecule has 0 aromatic heterocycles. The number of aryl methyl sites for hydroxylation is 1. The number of anilines is 2. The maximum Gasteiger partial charge on any atom is 0.255 e. The van der Waals surface area contributed by atoms with Gasteiger partial charge in [0.25, 0.3) is 5.91 Å². The Morgan fingerprint density at radius 1 is 1.00 bits per heavy atom. The molecule has 1 fully saturated rings. The summed E-state index contributed by atoms with van der Waals surface area (Å²) < 4.78 is 23.4. The molecule has 0 atom stereocenters. The van der Waals surface area contributed by atoms with E-state index in [1.165, 1.54) is 12.1 Å². The fourth-order valence-corrected chi connectivity index (χ4v) is 3.19. The van der Waals surface area contributed by atoms with Gasteiger partial charge in [0.05, 0.1) is 4.90 Å². The highest BCUT2D eigenvalue weighted by molar-refractivity contribution is 7.90. The maximum atomic E-state index is 12.6. The lowest BCUT2D eigenvalue weighted by molar-refractivity contribution is -0.117. The van der Waals surface area contributed by atoms with Crippen molar-refractivity contribution in [1.82, 2.24) is 0 Å². The molecule has 2 amide bonds. The zero-order valence-electron chi connectivity index (χ0n) is 14.6. The second kappa shape index (κ2) is 6.92. The number of carbonyl (C=O) groups is 2. The second-order valence-corrected chi connectivity index (χ2v) is 8.56. The van der Waals surface area contributed by atoms with Gasteiger partial charge in [0, 0.05) is 29.1 Å². The van der Waals surface area contributed by atoms with Crippen molar-refractivity contribution in [3.05, 3.63) is 53.6 Å². The lowest BCUT2D eigenvalue weighted by Crippen LogP contribution is -2.16. The summed E-state index contributed by atoms with van der Waals surface area (Å²) in [5.74, 6) is -0.321. The Kier molecular flexibility index (Phi) is 4.82. The highest BCUT2D eigenvalue weighted by Gasteiger charge is 2.29. The van der Waals surface area contributed by atoms with E-state index in [-0.39, 0.29) is 16.7 Å². The van der Waals surface area contributed by atoms with Crippen LogP contribution in [0.15, 0.2) is 47.4 Å². The molecule has 7 heteroatoms. The molecule has 0 saturated heterocycles. The molecule has 0 heterocycles. The van der Waals surface area contributed by atoms with E-state index in [1.807, 2.05) is 0 Å². The van der Waals surface area contributed by atoms with Gasteiger partial charge < -0.3 is 10.6 Å². The summed E-state index contributed by atoms with van der Waals surface area (Å²) in [5, 5.41) is 5.58. The zero-order valence-corrected chi connectivity index (χ0v) is 15.4.